The van der Waals surface area contributed by atoms with Crippen LogP contribution in [-0.2, 0) is 6.42 Å². The van der Waals surface area contributed by atoms with E-state index in [0.717, 1.165) is 43.7 Å². The Morgan fingerprint density at radius 3 is 3.20 bits per heavy atom. The third-order valence-electron chi connectivity index (χ3n) is 3.91. The third kappa shape index (κ3) is 2.38. The molecule has 0 bridgehead atoms. The summed E-state index contributed by atoms with van der Waals surface area (Å²) in [6.07, 6.45) is 8.24. The van der Waals surface area contributed by atoms with Crippen LogP contribution in [0.2, 0.25) is 0 Å². The Labute approximate surface area is 119 Å². The first-order valence-corrected chi connectivity index (χ1v) is 7.32. The maximum absolute atomic E-state index is 5.95. The smallest absolute Gasteiger partial charge is 0.126 e. The molecule has 3 rings (SSSR count). The van der Waals surface area contributed by atoms with Crippen LogP contribution in [0, 0.1) is 0 Å². The quantitative estimate of drug-likeness (QED) is 0.671. The van der Waals surface area contributed by atoms with Crippen LogP contribution in [0.3, 0.4) is 0 Å². The van der Waals surface area contributed by atoms with Crippen molar-refractivity contribution in [1.82, 2.24) is 9.55 Å². The topological polar surface area (TPSA) is 53.1 Å². The second-order valence-electron chi connectivity index (χ2n) is 5.35. The summed E-state index contributed by atoms with van der Waals surface area (Å²) in [4.78, 5) is 4.24. The van der Waals surface area contributed by atoms with Gasteiger partial charge in [0.1, 0.15) is 5.75 Å². The Kier molecular flexibility index (Phi) is 3.63. The number of nitrogen functional groups attached to an aromatic ring is 1. The van der Waals surface area contributed by atoms with Crippen LogP contribution in [0.25, 0.3) is 0 Å². The number of nitrogens with zero attached hydrogens (tertiary/aromatic N) is 2. The number of imidazole rings is 1. The van der Waals surface area contributed by atoms with Crippen LogP contribution >= 0.6 is 0 Å². The van der Waals surface area contributed by atoms with Crippen molar-refractivity contribution in [3.05, 3.63) is 42.0 Å². The van der Waals surface area contributed by atoms with Gasteiger partial charge in [-0.05, 0) is 25.3 Å². The fourth-order valence-corrected chi connectivity index (χ4v) is 2.81. The van der Waals surface area contributed by atoms with Crippen LogP contribution < -0.4 is 10.5 Å². The molecule has 1 aromatic heterocycles. The molecule has 0 radical (unpaired) electrons. The van der Waals surface area contributed by atoms with Gasteiger partial charge in [0.25, 0.3) is 0 Å². The minimum Gasteiger partial charge on any atom is -0.493 e. The maximum atomic E-state index is 5.95. The Morgan fingerprint density at radius 2 is 2.35 bits per heavy atom. The third-order valence-corrected chi connectivity index (χ3v) is 3.91. The number of unbranched alkanes of at least 4 members (excludes halogenated alkanes) is 1. The first kappa shape index (κ1) is 13.0. The molecule has 106 valence electrons. The Balaban J connectivity index is 1.89. The monoisotopic (exact) mass is 271 g/mol. The highest BCUT2D eigenvalue weighted by molar-refractivity contribution is 5.50. The van der Waals surface area contributed by atoms with Gasteiger partial charge in [0.15, 0.2) is 0 Å². The number of hydrogen-bond donors (Lipinski definition) is 1. The van der Waals surface area contributed by atoms with E-state index in [4.69, 9.17) is 10.5 Å². The van der Waals surface area contributed by atoms with E-state index in [1.165, 1.54) is 11.3 Å². The molecule has 0 spiro atoms. The van der Waals surface area contributed by atoms with Crippen molar-refractivity contribution in [2.75, 3.05) is 12.3 Å². The predicted molar refractivity (Wildman–Crippen MR) is 79.9 cm³/mol. The van der Waals surface area contributed by atoms with Crippen LogP contribution in [0.5, 0.6) is 5.75 Å². The Morgan fingerprint density at radius 1 is 1.45 bits per heavy atom. The Bertz CT molecular complexity index is 591. The maximum Gasteiger partial charge on any atom is 0.126 e. The van der Waals surface area contributed by atoms with Gasteiger partial charge in [-0.15, -0.1) is 0 Å². The highest BCUT2D eigenvalue weighted by atomic mass is 16.5. The highest BCUT2D eigenvalue weighted by Crippen LogP contribution is 2.37. The van der Waals surface area contributed by atoms with Crippen molar-refractivity contribution in [3.63, 3.8) is 0 Å². The van der Waals surface area contributed by atoms with E-state index >= 15 is 0 Å². The number of benzene rings is 1. The lowest BCUT2D eigenvalue weighted by molar-refractivity contribution is 0.303. The van der Waals surface area contributed by atoms with E-state index in [2.05, 4.69) is 22.5 Å². The van der Waals surface area contributed by atoms with Gasteiger partial charge in [-0.2, -0.15) is 0 Å². The Hall–Kier alpha value is -1.97. The average molecular weight is 271 g/mol. The van der Waals surface area contributed by atoms with Gasteiger partial charge in [-0.25, -0.2) is 4.98 Å². The largest absolute Gasteiger partial charge is 0.493 e. The molecule has 1 atom stereocenters. The lowest BCUT2D eigenvalue weighted by Gasteiger charge is -2.18. The summed E-state index contributed by atoms with van der Waals surface area (Å²) in [6.45, 7) is 2.91. The van der Waals surface area contributed by atoms with Gasteiger partial charge >= 0.3 is 0 Å². The SMILES string of the molecule is CCCCOc1cc(N)ccc1C1CCc2cncn21. The summed E-state index contributed by atoms with van der Waals surface area (Å²) in [7, 11) is 0. The van der Waals surface area contributed by atoms with Crippen LogP contribution in [0.15, 0.2) is 30.7 Å². The fraction of sp³-hybridized carbons (Fsp3) is 0.438. The molecule has 1 unspecified atom stereocenters. The number of fused-ring (bicyclic) bond motifs is 1. The number of ether oxygens (including phenoxy) is 1. The molecule has 0 amide bonds. The molecule has 0 saturated carbocycles. The molecule has 1 aliphatic heterocycles. The second-order valence-corrected chi connectivity index (χ2v) is 5.35. The van der Waals surface area contributed by atoms with E-state index < -0.39 is 0 Å². The predicted octanol–water partition coefficient (Wildman–Crippen LogP) is 3.18. The summed E-state index contributed by atoms with van der Waals surface area (Å²) in [5.41, 5.74) is 9.17. The van der Waals surface area contributed by atoms with Crippen molar-refractivity contribution in [2.24, 2.45) is 0 Å². The number of hydrogen-bond acceptors (Lipinski definition) is 3. The van der Waals surface area contributed by atoms with Gasteiger partial charge < -0.3 is 15.0 Å². The van der Waals surface area contributed by atoms with E-state index in [-0.39, 0.29) is 0 Å². The van der Waals surface area contributed by atoms with Crippen LogP contribution in [0.1, 0.15) is 43.5 Å². The molecular weight excluding hydrogens is 250 g/mol. The number of nitrogens with two attached hydrogens (primary N) is 1. The van der Waals surface area contributed by atoms with E-state index in [1.807, 2.05) is 24.7 Å². The molecule has 1 aromatic carbocycles. The zero-order valence-corrected chi connectivity index (χ0v) is 11.9. The molecule has 0 saturated heterocycles. The first-order chi connectivity index (χ1) is 9.79. The number of aromatic nitrogens is 2. The zero-order valence-electron chi connectivity index (χ0n) is 11.9. The van der Waals surface area contributed by atoms with Crippen molar-refractivity contribution in [2.45, 2.75) is 38.6 Å². The van der Waals surface area contributed by atoms with E-state index in [9.17, 15) is 0 Å². The minimum absolute atomic E-state index is 0.324. The molecule has 2 N–H and O–H groups in total. The fourth-order valence-electron chi connectivity index (χ4n) is 2.81. The molecule has 1 aliphatic rings. The van der Waals surface area contributed by atoms with Crippen LogP contribution in [0.4, 0.5) is 5.69 Å². The van der Waals surface area contributed by atoms with Gasteiger partial charge in [-0.3, -0.25) is 0 Å². The lowest BCUT2D eigenvalue weighted by atomic mass is 10.0. The van der Waals surface area contributed by atoms with E-state index in [0.29, 0.717) is 6.04 Å². The summed E-state index contributed by atoms with van der Waals surface area (Å²) in [5, 5.41) is 0. The standard InChI is InChI=1S/C16H21N3O/c1-2-3-8-20-16-9-12(17)4-6-14(16)15-7-5-13-10-18-11-19(13)15/h4,6,9-11,15H,2-3,5,7-8,17H2,1H3. The molecule has 2 heterocycles. The summed E-state index contributed by atoms with van der Waals surface area (Å²) >= 11 is 0. The summed E-state index contributed by atoms with van der Waals surface area (Å²) in [6, 6.07) is 6.32. The van der Waals surface area contributed by atoms with Crippen molar-refractivity contribution in [1.29, 1.82) is 0 Å². The molecule has 0 fully saturated rings. The van der Waals surface area contributed by atoms with E-state index in [1.54, 1.807) is 0 Å². The van der Waals surface area contributed by atoms with Crippen molar-refractivity contribution >= 4 is 5.69 Å². The lowest BCUT2D eigenvalue weighted by Crippen LogP contribution is -2.08. The number of anilines is 1. The molecule has 2 aromatic rings. The molecule has 0 aliphatic carbocycles. The zero-order chi connectivity index (χ0) is 13.9. The first-order valence-electron chi connectivity index (χ1n) is 7.32. The summed E-state index contributed by atoms with van der Waals surface area (Å²) < 4.78 is 8.20. The molecule has 20 heavy (non-hydrogen) atoms. The molecule has 4 heteroatoms. The molecular formula is C16H21N3O. The van der Waals surface area contributed by atoms with Gasteiger partial charge in [-0.1, -0.05) is 19.4 Å². The number of aryl methyl sites for hydroxylation is 1. The average Bonchev–Trinajstić information content (AvgIpc) is 3.02. The van der Waals surface area contributed by atoms with Crippen molar-refractivity contribution < 1.29 is 4.74 Å². The minimum atomic E-state index is 0.324. The van der Waals surface area contributed by atoms with Gasteiger partial charge in [0.05, 0.1) is 19.0 Å². The van der Waals surface area contributed by atoms with Gasteiger partial charge in [0.2, 0.25) is 0 Å². The molecule has 4 nitrogen and oxygen atoms in total. The second kappa shape index (κ2) is 5.57. The number of rotatable bonds is 5. The summed E-state index contributed by atoms with van der Waals surface area (Å²) in [5.74, 6) is 0.921. The van der Waals surface area contributed by atoms with Gasteiger partial charge in [0, 0.05) is 29.2 Å². The normalized spacial score (nSPS) is 17.1. The van der Waals surface area contributed by atoms with Crippen molar-refractivity contribution in [3.8, 4) is 5.75 Å². The highest BCUT2D eigenvalue weighted by Gasteiger charge is 2.25. The van der Waals surface area contributed by atoms with Crippen LogP contribution in [-0.4, -0.2) is 16.2 Å².